The van der Waals surface area contributed by atoms with Gasteiger partial charge in [-0.2, -0.15) is 10.4 Å². The molecule has 1 aliphatic rings. The third kappa shape index (κ3) is 5.28. The van der Waals surface area contributed by atoms with Crippen molar-refractivity contribution in [1.29, 1.82) is 5.26 Å². The zero-order valence-electron chi connectivity index (χ0n) is 20.3. The Morgan fingerprint density at radius 1 is 1.05 bits per heavy atom. The molecule has 1 amide bonds. The average molecular weight is 495 g/mol. The second kappa shape index (κ2) is 10.7. The number of nitriles is 1. The van der Waals surface area contributed by atoms with Gasteiger partial charge in [0.25, 0.3) is 5.91 Å². The van der Waals surface area contributed by atoms with Crippen molar-refractivity contribution < 1.29 is 9.18 Å². The summed E-state index contributed by atoms with van der Waals surface area (Å²) in [5.41, 5.74) is 10.3. The predicted molar refractivity (Wildman–Crippen MR) is 140 cm³/mol. The molecule has 0 radical (unpaired) electrons. The van der Waals surface area contributed by atoms with E-state index >= 15 is 4.39 Å². The quantitative estimate of drug-likeness (QED) is 0.382. The number of anilines is 1. The molecule has 0 unspecified atom stereocenters. The van der Waals surface area contributed by atoms with Crippen molar-refractivity contribution in [3.8, 4) is 22.9 Å². The molecule has 3 N–H and O–H groups in total. The number of carbonyl (C=O) groups is 1. The van der Waals surface area contributed by atoms with Gasteiger partial charge in [-0.05, 0) is 72.5 Å². The Kier molecular flexibility index (Phi) is 7.08. The predicted octanol–water partition coefficient (Wildman–Crippen LogP) is 4.86. The normalized spacial score (nSPS) is 13.4. The highest BCUT2D eigenvalue weighted by Gasteiger charge is 2.19. The van der Waals surface area contributed by atoms with Crippen LogP contribution in [0.5, 0.6) is 0 Å². The fraction of sp³-hybridized carbons (Fsp3) is 0.207. The van der Waals surface area contributed by atoms with Gasteiger partial charge in [-0.1, -0.05) is 42.5 Å². The zero-order chi connectivity index (χ0) is 25.8. The van der Waals surface area contributed by atoms with Crippen LogP contribution in [0.1, 0.15) is 40.2 Å². The number of amides is 1. The molecule has 0 aliphatic carbocycles. The van der Waals surface area contributed by atoms with Crippen LogP contribution in [0, 0.1) is 17.1 Å². The molecule has 8 heteroatoms. The van der Waals surface area contributed by atoms with Gasteiger partial charge in [-0.15, -0.1) is 0 Å². The minimum absolute atomic E-state index is 0.0488. The molecule has 5 rings (SSSR count). The molecule has 2 heterocycles. The number of aromatic nitrogens is 2. The van der Waals surface area contributed by atoms with Crippen LogP contribution >= 0.6 is 0 Å². The van der Waals surface area contributed by atoms with E-state index in [0.717, 1.165) is 41.9 Å². The lowest BCUT2D eigenvalue weighted by Gasteiger charge is -2.18. The Bertz CT molecular complexity index is 1480. The van der Waals surface area contributed by atoms with Gasteiger partial charge >= 0.3 is 0 Å². The van der Waals surface area contributed by atoms with E-state index in [-0.39, 0.29) is 17.1 Å². The first-order valence-corrected chi connectivity index (χ1v) is 12.3. The van der Waals surface area contributed by atoms with E-state index in [1.807, 2.05) is 36.4 Å². The molecule has 3 aromatic carbocycles. The Balaban J connectivity index is 1.40. The summed E-state index contributed by atoms with van der Waals surface area (Å²) in [6.45, 7) is 3.30. The third-order valence-electron chi connectivity index (χ3n) is 6.59. The molecule has 1 saturated heterocycles. The molecule has 1 aliphatic heterocycles. The van der Waals surface area contributed by atoms with Gasteiger partial charge in [-0.3, -0.25) is 9.69 Å². The van der Waals surface area contributed by atoms with E-state index in [1.54, 1.807) is 24.3 Å². The Morgan fingerprint density at radius 2 is 1.86 bits per heavy atom. The zero-order valence-corrected chi connectivity index (χ0v) is 20.3. The van der Waals surface area contributed by atoms with E-state index in [4.69, 9.17) is 5.73 Å². The summed E-state index contributed by atoms with van der Waals surface area (Å²) >= 11 is 0. The summed E-state index contributed by atoms with van der Waals surface area (Å²) in [7, 11) is 0. The van der Waals surface area contributed by atoms with Crippen molar-refractivity contribution in [2.45, 2.75) is 25.9 Å². The van der Waals surface area contributed by atoms with Gasteiger partial charge in [-0.25, -0.2) is 9.07 Å². The van der Waals surface area contributed by atoms with E-state index in [2.05, 4.69) is 21.4 Å². The Morgan fingerprint density at radius 3 is 2.62 bits per heavy atom. The van der Waals surface area contributed by atoms with E-state index in [9.17, 15) is 10.1 Å². The summed E-state index contributed by atoms with van der Waals surface area (Å²) in [6, 6.07) is 23.4. The summed E-state index contributed by atoms with van der Waals surface area (Å²) in [6.07, 6.45) is 2.41. The van der Waals surface area contributed by atoms with Gasteiger partial charge in [0.15, 0.2) is 5.69 Å². The minimum atomic E-state index is -0.576. The largest absolute Gasteiger partial charge is 0.326 e. The molecule has 37 heavy (non-hydrogen) atoms. The van der Waals surface area contributed by atoms with E-state index in [0.29, 0.717) is 12.2 Å². The highest BCUT2D eigenvalue weighted by molar-refractivity contribution is 6.03. The molecule has 0 bridgehead atoms. The van der Waals surface area contributed by atoms with Crippen LogP contribution in [0.4, 0.5) is 10.1 Å². The molecule has 0 saturated carbocycles. The molecular formula is C29H27FN6O. The number of nitrogens with one attached hydrogen (secondary N) is 1. The number of carbonyl (C=O) groups excluding carboxylic acids is 1. The first-order valence-electron chi connectivity index (χ1n) is 12.3. The first-order chi connectivity index (χ1) is 18.1. The number of hydrogen-bond acceptors (Lipinski definition) is 5. The summed E-state index contributed by atoms with van der Waals surface area (Å²) in [5.74, 6) is -1.12. The van der Waals surface area contributed by atoms with Crippen LogP contribution in [-0.4, -0.2) is 33.7 Å². The van der Waals surface area contributed by atoms with E-state index in [1.165, 1.54) is 29.7 Å². The van der Waals surface area contributed by atoms with Crippen LogP contribution in [0.15, 0.2) is 72.8 Å². The monoisotopic (exact) mass is 494 g/mol. The standard InChI is InChI=1S/C29H27FN6O/c30-26-15-21(25-9-2-1-7-22(25)19-35-12-3-4-13-35)10-11-27(26)33-29(37)28-16-23(18-32)34-36(28)24-8-5-6-20(14-24)17-31/h1-2,5-11,14-16H,3-4,12-13,17,19,31H2,(H,33,37). The van der Waals surface area contributed by atoms with Gasteiger partial charge in [0.1, 0.15) is 17.6 Å². The summed E-state index contributed by atoms with van der Waals surface area (Å²) in [5, 5.41) is 16.2. The molecule has 186 valence electrons. The number of likely N-dealkylation sites (tertiary alicyclic amines) is 1. The van der Waals surface area contributed by atoms with Crippen molar-refractivity contribution in [2.75, 3.05) is 18.4 Å². The molecule has 0 atom stereocenters. The second-order valence-corrected chi connectivity index (χ2v) is 9.10. The number of benzene rings is 3. The van der Waals surface area contributed by atoms with Gasteiger partial charge < -0.3 is 11.1 Å². The topological polar surface area (TPSA) is 100.0 Å². The highest BCUT2D eigenvalue weighted by atomic mass is 19.1. The Hall–Kier alpha value is -4.32. The maximum absolute atomic E-state index is 15.2. The molecule has 7 nitrogen and oxygen atoms in total. The first kappa shape index (κ1) is 24.4. The van der Waals surface area contributed by atoms with Crippen molar-refractivity contribution in [2.24, 2.45) is 5.73 Å². The molecule has 1 fully saturated rings. The summed E-state index contributed by atoms with van der Waals surface area (Å²) < 4.78 is 16.6. The summed E-state index contributed by atoms with van der Waals surface area (Å²) in [4.78, 5) is 15.6. The Labute approximate surface area is 214 Å². The highest BCUT2D eigenvalue weighted by Crippen LogP contribution is 2.29. The van der Waals surface area contributed by atoms with Crippen LogP contribution < -0.4 is 11.1 Å². The lowest BCUT2D eigenvalue weighted by atomic mass is 9.99. The van der Waals surface area contributed by atoms with Crippen molar-refractivity contribution in [3.05, 3.63) is 101 Å². The molecular weight excluding hydrogens is 467 g/mol. The number of halogens is 1. The number of nitrogens with zero attached hydrogens (tertiary/aromatic N) is 4. The van der Waals surface area contributed by atoms with Crippen LogP contribution in [0.25, 0.3) is 16.8 Å². The number of nitrogens with two attached hydrogens (primary N) is 1. The fourth-order valence-corrected chi connectivity index (χ4v) is 4.70. The lowest BCUT2D eigenvalue weighted by molar-refractivity contribution is 0.101. The smallest absolute Gasteiger partial charge is 0.274 e. The average Bonchev–Trinajstić information content (AvgIpc) is 3.60. The van der Waals surface area contributed by atoms with Crippen LogP contribution in [-0.2, 0) is 13.1 Å². The molecule has 4 aromatic rings. The van der Waals surface area contributed by atoms with Gasteiger partial charge in [0.05, 0.1) is 11.4 Å². The number of hydrogen-bond donors (Lipinski definition) is 2. The number of rotatable bonds is 7. The van der Waals surface area contributed by atoms with E-state index < -0.39 is 11.7 Å². The lowest BCUT2D eigenvalue weighted by Crippen LogP contribution is -2.19. The minimum Gasteiger partial charge on any atom is -0.326 e. The van der Waals surface area contributed by atoms with Gasteiger partial charge in [0.2, 0.25) is 0 Å². The molecule has 1 aromatic heterocycles. The van der Waals surface area contributed by atoms with Crippen molar-refractivity contribution >= 4 is 11.6 Å². The fourth-order valence-electron chi connectivity index (χ4n) is 4.70. The SMILES string of the molecule is N#Cc1cc(C(=O)Nc2ccc(-c3ccccc3CN3CCCC3)cc2F)n(-c2cccc(CN)c2)n1. The van der Waals surface area contributed by atoms with Crippen molar-refractivity contribution in [1.82, 2.24) is 14.7 Å². The third-order valence-corrected chi connectivity index (χ3v) is 6.59. The van der Waals surface area contributed by atoms with Crippen LogP contribution in [0.2, 0.25) is 0 Å². The van der Waals surface area contributed by atoms with Crippen molar-refractivity contribution in [3.63, 3.8) is 0 Å². The van der Waals surface area contributed by atoms with Crippen LogP contribution in [0.3, 0.4) is 0 Å². The molecule has 0 spiro atoms. The van der Waals surface area contributed by atoms with Gasteiger partial charge in [0, 0.05) is 19.2 Å². The maximum Gasteiger partial charge on any atom is 0.274 e. The maximum atomic E-state index is 15.2. The second-order valence-electron chi connectivity index (χ2n) is 9.10.